The van der Waals surface area contributed by atoms with Gasteiger partial charge in [0.1, 0.15) is 0 Å². The lowest BCUT2D eigenvalue weighted by molar-refractivity contribution is 0.132. The van der Waals surface area contributed by atoms with Gasteiger partial charge in [0.2, 0.25) is 0 Å². The lowest BCUT2D eigenvalue weighted by Gasteiger charge is -2.36. The van der Waals surface area contributed by atoms with Gasteiger partial charge in [-0.2, -0.15) is 0 Å². The molecule has 0 bridgehead atoms. The molecule has 0 amide bonds. The lowest BCUT2D eigenvalue weighted by Crippen LogP contribution is -2.40. The van der Waals surface area contributed by atoms with Gasteiger partial charge in [0, 0.05) is 6.04 Å². The van der Waals surface area contributed by atoms with E-state index in [0.717, 1.165) is 6.04 Å². The molecule has 0 aromatic heterocycles. The summed E-state index contributed by atoms with van der Waals surface area (Å²) in [4.78, 5) is 2.73. The fourth-order valence-corrected chi connectivity index (χ4v) is 2.21. The maximum atomic E-state index is 2.73. The van der Waals surface area contributed by atoms with Gasteiger partial charge in [0.05, 0.1) is 0 Å². The van der Waals surface area contributed by atoms with Gasteiger partial charge >= 0.3 is 0 Å². The number of nitrogens with zero attached hydrogens (tertiary/aromatic N) is 1. The van der Waals surface area contributed by atoms with Crippen LogP contribution < -0.4 is 0 Å². The molecule has 2 rings (SSSR count). The van der Waals surface area contributed by atoms with Crippen molar-refractivity contribution < 1.29 is 0 Å². The monoisotopic (exact) mass is 153 g/mol. The number of hydrogen-bond acceptors (Lipinski definition) is 1. The molecule has 2 aliphatic rings. The minimum Gasteiger partial charge on any atom is -0.300 e. The number of hydrogen-bond donors (Lipinski definition) is 0. The molecule has 0 atom stereocenters. The van der Waals surface area contributed by atoms with E-state index in [4.69, 9.17) is 0 Å². The van der Waals surface area contributed by atoms with Crippen molar-refractivity contribution >= 4 is 0 Å². The van der Waals surface area contributed by atoms with Gasteiger partial charge in [0.15, 0.2) is 0 Å². The van der Waals surface area contributed by atoms with Crippen molar-refractivity contribution in [1.82, 2.24) is 4.90 Å². The van der Waals surface area contributed by atoms with E-state index in [1.54, 1.807) is 0 Å². The average Bonchev–Trinajstić information content (AvgIpc) is 2.12. The van der Waals surface area contributed by atoms with Crippen molar-refractivity contribution in [3.63, 3.8) is 0 Å². The van der Waals surface area contributed by atoms with Crippen LogP contribution in [-0.4, -0.2) is 24.0 Å². The third kappa shape index (κ3) is 1.76. The molecule has 1 saturated heterocycles. The molecule has 1 nitrogen and oxygen atoms in total. The van der Waals surface area contributed by atoms with Crippen LogP contribution in [0.5, 0.6) is 0 Å². The quantitative estimate of drug-likeness (QED) is 0.559. The Balaban J connectivity index is 1.80. The van der Waals surface area contributed by atoms with E-state index in [2.05, 4.69) is 4.90 Å². The molecule has 0 spiro atoms. The zero-order valence-electron chi connectivity index (χ0n) is 7.39. The van der Waals surface area contributed by atoms with Crippen molar-refractivity contribution in [1.29, 1.82) is 0 Å². The Bertz CT molecular complexity index is 110. The fraction of sp³-hybridized carbons (Fsp3) is 1.00. The van der Waals surface area contributed by atoms with Crippen LogP contribution in [0.4, 0.5) is 0 Å². The summed E-state index contributed by atoms with van der Waals surface area (Å²) < 4.78 is 0. The molecule has 1 aliphatic heterocycles. The first kappa shape index (κ1) is 7.60. The largest absolute Gasteiger partial charge is 0.300 e. The Kier molecular flexibility index (Phi) is 2.47. The topological polar surface area (TPSA) is 3.24 Å². The van der Waals surface area contributed by atoms with Gasteiger partial charge in [-0.05, 0) is 38.8 Å². The summed E-state index contributed by atoms with van der Waals surface area (Å²) in [5.41, 5.74) is 0. The maximum Gasteiger partial charge on any atom is 0.00952 e. The van der Waals surface area contributed by atoms with Gasteiger partial charge in [0.25, 0.3) is 0 Å². The van der Waals surface area contributed by atoms with Crippen molar-refractivity contribution in [3.05, 3.63) is 0 Å². The second-order valence-corrected chi connectivity index (χ2v) is 4.03. The predicted molar refractivity (Wildman–Crippen MR) is 47.7 cm³/mol. The molecule has 1 saturated carbocycles. The lowest BCUT2D eigenvalue weighted by atomic mass is 9.91. The Hall–Kier alpha value is -0.0400. The van der Waals surface area contributed by atoms with E-state index in [9.17, 15) is 0 Å². The molecule has 64 valence electrons. The third-order valence-corrected chi connectivity index (χ3v) is 3.23. The van der Waals surface area contributed by atoms with E-state index < -0.39 is 0 Å². The van der Waals surface area contributed by atoms with Crippen molar-refractivity contribution in [2.45, 2.75) is 51.0 Å². The minimum atomic E-state index is 0.994. The van der Waals surface area contributed by atoms with E-state index in [0.29, 0.717) is 0 Å². The van der Waals surface area contributed by atoms with Gasteiger partial charge in [-0.25, -0.2) is 0 Å². The molecule has 0 unspecified atom stereocenters. The van der Waals surface area contributed by atoms with Crippen molar-refractivity contribution in [3.8, 4) is 0 Å². The van der Waals surface area contributed by atoms with Crippen LogP contribution >= 0.6 is 0 Å². The summed E-state index contributed by atoms with van der Waals surface area (Å²) in [5.74, 6) is 0. The van der Waals surface area contributed by atoms with Crippen LogP contribution in [0.15, 0.2) is 0 Å². The van der Waals surface area contributed by atoms with Gasteiger partial charge < -0.3 is 4.90 Å². The first-order chi connectivity index (χ1) is 5.47. The van der Waals surface area contributed by atoms with E-state index in [1.165, 1.54) is 58.0 Å². The molecular weight excluding hydrogens is 134 g/mol. The van der Waals surface area contributed by atoms with E-state index >= 15 is 0 Å². The highest BCUT2D eigenvalue weighted by Gasteiger charge is 2.24. The first-order valence-corrected chi connectivity index (χ1v) is 5.21. The van der Waals surface area contributed by atoms with Gasteiger partial charge in [-0.1, -0.05) is 19.3 Å². The second kappa shape index (κ2) is 3.57. The molecular formula is C10H19N. The molecule has 0 aromatic carbocycles. The normalized spacial score (nSPS) is 29.5. The van der Waals surface area contributed by atoms with E-state index in [-0.39, 0.29) is 0 Å². The SMILES string of the molecule is C1CCCN(C2CCC2)CC1. The Labute approximate surface area is 69.8 Å². The predicted octanol–water partition coefficient (Wildman–Crippen LogP) is 2.41. The van der Waals surface area contributed by atoms with Crippen LogP contribution in [0.1, 0.15) is 44.9 Å². The first-order valence-electron chi connectivity index (χ1n) is 5.21. The second-order valence-electron chi connectivity index (χ2n) is 4.03. The Morgan fingerprint density at radius 1 is 0.727 bits per heavy atom. The molecule has 11 heavy (non-hydrogen) atoms. The molecule has 1 aliphatic carbocycles. The molecule has 0 N–H and O–H groups in total. The number of rotatable bonds is 1. The smallest absolute Gasteiger partial charge is 0.00952 e. The molecule has 1 heteroatoms. The summed E-state index contributed by atoms with van der Waals surface area (Å²) in [6.45, 7) is 2.79. The molecule has 0 aromatic rings. The van der Waals surface area contributed by atoms with Crippen LogP contribution in [0.25, 0.3) is 0 Å². The van der Waals surface area contributed by atoms with Crippen LogP contribution in [-0.2, 0) is 0 Å². The summed E-state index contributed by atoms with van der Waals surface area (Å²) in [6.07, 6.45) is 10.3. The summed E-state index contributed by atoms with van der Waals surface area (Å²) >= 11 is 0. The van der Waals surface area contributed by atoms with Crippen LogP contribution in [0.3, 0.4) is 0 Å². The standard InChI is InChI=1S/C10H19N/c1-2-4-9-11(8-3-1)10-6-5-7-10/h10H,1-9H2. The Morgan fingerprint density at radius 3 is 1.82 bits per heavy atom. The highest BCUT2D eigenvalue weighted by Crippen LogP contribution is 2.26. The summed E-state index contributed by atoms with van der Waals surface area (Å²) in [5, 5.41) is 0. The van der Waals surface area contributed by atoms with E-state index in [1.807, 2.05) is 0 Å². The van der Waals surface area contributed by atoms with Crippen molar-refractivity contribution in [2.24, 2.45) is 0 Å². The molecule has 1 heterocycles. The number of likely N-dealkylation sites (tertiary alicyclic amines) is 1. The summed E-state index contributed by atoms with van der Waals surface area (Å²) in [7, 11) is 0. The van der Waals surface area contributed by atoms with Crippen molar-refractivity contribution in [2.75, 3.05) is 13.1 Å². The average molecular weight is 153 g/mol. The highest BCUT2D eigenvalue weighted by atomic mass is 15.2. The highest BCUT2D eigenvalue weighted by molar-refractivity contribution is 4.80. The minimum absolute atomic E-state index is 0.994. The summed E-state index contributed by atoms with van der Waals surface area (Å²) in [6, 6.07) is 0.994. The zero-order valence-corrected chi connectivity index (χ0v) is 7.39. The molecule has 0 radical (unpaired) electrons. The van der Waals surface area contributed by atoms with Crippen LogP contribution in [0, 0.1) is 0 Å². The van der Waals surface area contributed by atoms with Gasteiger partial charge in [-0.15, -0.1) is 0 Å². The van der Waals surface area contributed by atoms with Crippen LogP contribution in [0.2, 0.25) is 0 Å². The zero-order chi connectivity index (χ0) is 7.52. The molecule has 2 fully saturated rings. The third-order valence-electron chi connectivity index (χ3n) is 3.23. The fourth-order valence-electron chi connectivity index (χ4n) is 2.21. The van der Waals surface area contributed by atoms with Gasteiger partial charge in [-0.3, -0.25) is 0 Å². The Morgan fingerprint density at radius 2 is 1.36 bits per heavy atom. The maximum absolute atomic E-state index is 2.73.